The Morgan fingerprint density at radius 2 is 2.00 bits per heavy atom. The molecule has 9 heavy (non-hydrogen) atoms. The monoisotopic (exact) mass is 213 g/mol. The molecule has 0 aliphatic rings. The molecule has 0 amide bonds. The van der Waals surface area contributed by atoms with Gasteiger partial charge in [0.15, 0.2) is 0 Å². The van der Waals surface area contributed by atoms with Gasteiger partial charge in [-0.05, 0) is 0 Å². The second kappa shape index (κ2) is 3.73. The molecule has 0 unspecified atom stereocenters. The van der Waals surface area contributed by atoms with Gasteiger partial charge in [-0.1, -0.05) is 0 Å². The van der Waals surface area contributed by atoms with Crippen LogP contribution in [0.25, 0.3) is 0 Å². The van der Waals surface area contributed by atoms with Gasteiger partial charge in [0.2, 0.25) is 0 Å². The number of hydrogen-bond donors (Lipinski definition) is 0. The molecular weight excluding hydrogens is 201 g/mol. The van der Waals surface area contributed by atoms with Crippen LogP contribution in [0.2, 0.25) is 0 Å². The summed E-state index contributed by atoms with van der Waals surface area (Å²) in [5.41, 5.74) is 1.91. The molecule has 0 aromatic heterocycles. The molecule has 0 heterocycles. The van der Waals surface area contributed by atoms with Crippen molar-refractivity contribution in [1.82, 2.24) is 0 Å². The van der Waals surface area contributed by atoms with E-state index in [-0.39, 0.29) is 4.38 Å². The van der Waals surface area contributed by atoms with Gasteiger partial charge >= 0.3 is 65.1 Å². The molecule has 0 aromatic rings. The molecule has 2 heteroatoms. The molecule has 0 aliphatic heterocycles. The van der Waals surface area contributed by atoms with Gasteiger partial charge in [-0.3, -0.25) is 0 Å². The topological polar surface area (TPSA) is 17.1 Å². The van der Waals surface area contributed by atoms with Crippen molar-refractivity contribution in [1.29, 1.82) is 0 Å². The fraction of sp³-hybridized carbons (Fsp3) is 0.286. The summed E-state index contributed by atoms with van der Waals surface area (Å²) in [6, 6.07) is 0. The summed E-state index contributed by atoms with van der Waals surface area (Å²) in [4.78, 5) is 10.4. The zero-order valence-electron chi connectivity index (χ0n) is 5.60. The van der Waals surface area contributed by atoms with E-state index >= 15 is 0 Å². The van der Waals surface area contributed by atoms with Crippen molar-refractivity contribution < 1.29 is 23.1 Å². The maximum atomic E-state index is 10.4. The Bertz CT molecular complexity index is 168. The van der Waals surface area contributed by atoms with E-state index in [2.05, 4.69) is 6.58 Å². The van der Waals surface area contributed by atoms with E-state index in [4.69, 9.17) is 0 Å². The van der Waals surface area contributed by atoms with E-state index < -0.39 is 0 Å². The van der Waals surface area contributed by atoms with E-state index in [9.17, 15) is 4.79 Å². The minimum atomic E-state index is 0.0892. The van der Waals surface area contributed by atoms with E-state index in [1.807, 2.05) is 13.8 Å². The van der Waals surface area contributed by atoms with Crippen molar-refractivity contribution >= 4 is 4.38 Å². The van der Waals surface area contributed by atoms with Crippen molar-refractivity contribution in [3.63, 3.8) is 0 Å². The van der Waals surface area contributed by atoms with Crippen LogP contribution in [0.4, 0.5) is 0 Å². The number of hydrogen-bond acceptors (Lipinski definition) is 1. The van der Waals surface area contributed by atoms with E-state index in [1.165, 1.54) is 18.3 Å². The third kappa shape index (κ3) is 4.29. The van der Waals surface area contributed by atoms with Gasteiger partial charge in [0.25, 0.3) is 0 Å². The third-order valence-electron chi connectivity index (χ3n) is 1.01. The number of rotatable bonds is 2. The Hall–Kier alpha value is -0.227. The standard InChI is InChI=1S/C7H9O.Ru.2H/c1-6(2)7(3)4-5-8;;;/h4H,1H2,2-3H3;;;. The van der Waals surface area contributed by atoms with Crippen LogP contribution in [0, 0.1) is 0 Å². The molecular formula is C7H11ORu. The second-order valence-corrected chi connectivity index (χ2v) is 2.92. The fourth-order valence-corrected chi connectivity index (χ4v) is 0.735. The summed E-state index contributed by atoms with van der Waals surface area (Å²) in [6.07, 6.45) is 1.59. The van der Waals surface area contributed by atoms with Gasteiger partial charge in [0.1, 0.15) is 0 Å². The molecule has 0 N–H and O–H groups in total. The van der Waals surface area contributed by atoms with Gasteiger partial charge in [0, 0.05) is 0 Å². The van der Waals surface area contributed by atoms with Gasteiger partial charge < -0.3 is 0 Å². The number of allylic oxidation sites excluding steroid dienone is 3. The summed E-state index contributed by atoms with van der Waals surface area (Å²) in [5.74, 6) is 0. The van der Waals surface area contributed by atoms with Crippen molar-refractivity contribution in [2.45, 2.75) is 13.8 Å². The number of carbonyl (C=O) groups is 1. The zero-order valence-corrected chi connectivity index (χ0v) is 7.61. The molecule has 0 atom stereocenters. The van der Waals surface area contributed by atoms with Gasteiger partial charge in [-0.15, -0.1) is 0 Å². The molecule has 0 saturated carbocycles. The van der Waals surface area contributed by atoms with Crippen LogP contribution in [0.5, 0.6) is 0 Å². The third-order valence-corrected chi connectivity index (χ3v) is 1.30. The van der Waals surface area contributed by atoms with Crippen LogP contribution in [0.3, 0.4) is 0 Å². The van der Waals surface area contributed by atoms with E-state index in [0.29, 0.717) is 0 Å². The Kier molecular flexibility index (Phi) is 3.64. The Morgan fingerprint density at radius 3 is 2.11 bits per heavy atom. The van der Waals surface area contributed by atoms with E-state index in [1.54, 1.807) is 6.08 Å². The van der Waals surface area contributed by atoms with Crippen molar-refractivity contribution in [2.24, 2.45) is 0 Å². The fourth-order valence-electron chi connectivity index (χ4n) is 0.300. The van der Waals surface area contributed by atoms with Crippen molar-refractivity contribution in [3.8, 4) is 0 Å². The van der Waals surface area contributed by atoms with Crippen LogP contribution in [0.15, 0.2) is 23.8 Å². The maximum absolute atomic E-state index is 10.4. The predicted molar refractivity (Wildman–Crippen MR) is 36.4 cm³/mol. The average Bonchev–Trinajstić information content (AvgIpc) is 1.63. The summed E-state index contributed by atoms with van der Waals surface area (Å²) >= 11 is 1.47. The average molecular weight is 212 g/mol. The minimum absolute atomic E-state index is 0.0892. The van der Waals surface area contributed by atoms with Crippen LogP contribution < -0.4 is 0 Å². The molecule has 0 aromatic carbocycles. The molecule has 0 rings (SSSR count). The predicted octanol–water partition coefficient (Wildman–Crippen LogP) is 1.05. The molecule has 0 aliphatic carbocycles. The van der Waals surface area contributed by atoms with Crippen LogP contribution in [0.1, 0.15) is 13.8 Å². The van der Waals surface area contributed by atoms with Crippen LogP contribution in [-0.2, 0) is 23.1 Å². The summed E-state index contributed by atoms with van der Waals surface area (Å²) in [6.45, 7) is 7.45. The van der Waals surface area contributed by atoms with E-state index in [0.717, 1.165) is 11.1 Å². The number of carbonyl (C=O) groups excluding carboxylic acids is 1. The Balaban J connectivity index is 4.17. The van der Waals surface area contributed by atoms with Gasteiger partial charge in [-0.25, -0.2) is 0 Å². The first-order chi connectivity index (χ1) is 4.04. The summed E-state index contributed by atoms with van der Waals surface area (Å²) in [5, 5.41) is 0. The van der Waals surface area contributed by atoms with Crippen molar-refractivity contribution in [3.05, 3.63) is 23.8 Å². The summed E-state index contributed by atoms with van der Waals surface area (Å²) < 4.78 is 0.0892. The van der Waals surface area contributed by atoms with Crippen molar-refractivity contribution in [2.75, 3.05) is 0 Å². The normalized spacial score (nSPS) is 11.3. The first-order valence-corrected chi connectivity index (χ1v) is 3.59. The SMILES string of the molecule is C=C(C)C(C)=C[C](=O)[RuH2]. The van der Waals surface area contributed by atoms with Crippen LogP contribution >= 0.6 is 0 Å². The molecule has 0 spiro atoms. The molecule has 0 bridgehead atoms. The quantitative estimate of drug-likeness (QED) is 0.380. The Morgan fingerprint density at radius 1 is 1.56 bits per heavy atom. The van der Waals surface area contributed by atoms with Crippen LogP contribution in [-0.4, -0.2) is 4.38 Å². The summed E-state index contributed by atoms with van der Waals surface area (Å²) in [7, 11) is 0. The van der Waals surface area contributed by atoms with Gasteiger partial charge in [0.05, 0.1) is 0 Å². The first-order valence-electron chi connectivity index (χ1n) is 2.59. The molecule has 1 nitrogen and oxygen atoms in total. The first kappa shape index (κ1) is 8.77. The Labute approximate surface area is 65.5 Å². The second-order valence-electron chi connectivity index (χ2n) is 1.93. The van der Waals surface area contributed by atoms with Gasteiger partial charge in [-0.2, -0.15) is 0 Å². The molecule has 0 radical (unpaired) electrons. The zero-order chi connectivity index (χ0) is 7.44. The molecule has 0 fully saturated rings. The molecule has 0 saturated heterocycles. The molecule has 53 valence electrons.